The van der Waals surface area contributed by atoms with E-state index in [1.807, 2.05) is 72.4 Å². The van der Waals surface area contributed by atoms with E-state index in [2.05, 4.69) is 37.2 Å². The van der Waals surface area contributed by atoms with E-state index in [1.54, 1.807) is 0 Å². The van der Waals surface area contributed by atoms with Crippen molar-refractivity contribution in [3.63, 3.8) is 0 Å². The van der Waals surface area contributed by atoms with Gasteiger partial charge in [-0.15, -0.1) is 12.4 Å². The number of benzene rings is 2. The lowest BCUT2D eigenvalue weighted by atomic mass is 10.3. The third-order valence-corrected chi connectivity index (χ3v) is 4.20. The zero-order valence-electron chi connectivity index (χ0n) is 15.1. The number of hydrogen-bond acceptors (Lipinski definition) is 7. The maximum Gasteiger partial charge on any atom is 0.233 e. The molecule has 0 saturated heterocycles. The fourth-order valence-corrected chi connectivity index (χ4v) is 2.72. The highest BCUT2D eigenvalue weighted by molar-refractivity contribution is 7.98. The summed E-state index contributed by atoms with van der Waals surface area (Å²) in [6.45, 7) is 0.820. The smallest absolute Gasteiger partial charge is 0.233 e. The largest absolute Gasteiger partial charge is 0.354 e. The number of aromatic nitrogens is 3. The summed E-state index contributed by atoms with van der Waals surface area (Å²) in [5.74, 6) is 2.65. The highest BCUT2D eigenvalue weighted by Gasteiger charge is 2.07. The second kappa shape index (κ2) is 11.3. The molecule has 0 radical (unpaired) electrons. The highest BCUT2D eigenvalue weighted by Crippen LogP contribution is 2.18. The Morgan fingerprint density at radius 2 is 1.22 bits per heavy atom. The van der Waals surface area contributed by atoms with E-state index in [4.69, 9.17) is 0 Å². The number of para-hydroxylation sites is 2. The van der Waals surface area contributed by atoms with Gasteiger partial charge in [0.15, 0.2) is 0 Å². The van der Waals surface area contributed by atoms with Crippen molar-refractivity contribution in [1.82, 2.24) is 15.0 Å². The first-order chi connectivity index (χ1) is 12.8. The Kier molecular flexibility index (Phi) is 8.67. The molecule has 8 heteroatoms. The maximum atomic E-state index is 4.48. The van der Waals surface area contributed by atoms with Crippen LogP contribution in [0.3, 0.4) is 0 Å². The highest BCUT2D eigenvalue weighted by atomic mass is 35.5. The molecule has 1 heterocycles. The molecule has 3 N–H and O–H groups in total. The SMILES string of the molecule is CSCCCNc1nc(Nc2ccccc2)nc(Nc2ccccc2)n1.Cl. The molecule has 0 aliphatic rings. The number of anilines is 5. The summed E-state index contributed by atoms with van der Waals surface area (Å²) in [5, 5.41) is 9.73. The first-order valence-electron chi connectivity index (χ1n) is 8.46. The first-order valence-corrected chi connectivity index (χ1v) is 9.86. The summed E-state index contributed by atoms with van der Waals surface area (Å²) >= 11 is 1.83. The predicted octanol–water partition coefficient (Wildman–Crippen LogP) is 4.95. The third kappa shape index (κ3) is 6.96. The monoisotopic (exact) mass is 402 g/mol. The molecule has 142 valence electrons. The molecular weight excluding hydrogens is 380 g/mol. The Labute approximate surface area is 170 Å². The Morgan fingerprint density at radius 1 is 0.741 bits per heavy atom. The topological polar surface area (TPSA) is 74.8 Å². The van der Waals surface area contributed by atoms with Crippen molar-refractivity contribution in [2.24, 2.45) is 0 Å². The van der Waals surface area contributed by atoms with Gasteiger partial charge in [0.25, 0.3) is 0 Å². The number of halogens is 1. The van der Waals surface area contributed by atoms with Crippen molar-refractivity contribution in [3.05, 3.63) is 60.7 Å². The Morgan fingerprint density at radius 3 is 1.70 bits per heavy atom. The lowest BCUT2D eigenvalue weighted by Crippen LogP contribution is -2.11. The average molecular weight is 403 g/mol. The molecule has 0 unspecified atom stereocenters. The maximum absolute atomic E-state index is 4.48. The first kappa shape index (κ1) is 20.8. The van der Waals surface area contributed by atoms with Crippen molar-refractivity contribution in [1.29, 1.82) is 0 Å². The Bertz CT molecular complexity index is 744. The molecule has 0 atom stereocenters. The molecule has 0 spiro atoms. The summed E-state index contributed by atoms with van der Waals surface area (Å²) in [6.07, 6.45) is 3.16. The molecule has 1 aromatic heterocycles. The van der Waals surface area contributed by atoms with E-state index in [1.165, 1.54) is 0 Å². The van der Waals surface area contributed by atoms with Crippen LogP contribution in [0.1, 0.15) is 6.42 Å². The summed E-state index contributed by atoms with van der Waals surface area (Å²) in [4.78, 5) is 13.4. The van der Waals surface area contributed by atoms with E-state index in [-0.39, 0.29) is 12.4 Å². The fourth-order valence-electron chi connectivity index (χ4n) is 2.28. The van der Waals surface area contributed by atoms with Crippen molar-refractivity contribution in [2.45, 2.75) is 6.42 Å². The Balaban J connectivity index is 0.00000261. The molecule has 0 aliphatic heterocycles. The minimum absolute atomic E-state index is 0. The summed E-state index contributed by atoms with van der Waals surface area (Å²) < 4.78 is 0. The molecular formula is C19H23ClN6S. The molecule has 6 nitrogen and oxygen atoms in total. The molecule has 2 aromatic carbocycles. The lowest BCUT2D eigenvalue weighted by Gasteiger charge is -2.11. The van der Waals surface area contributed by atoms with Gasteiger partial charge in [0.05, 0.1) is 0 Å². The molecule has 0 amide bonds. The van der Waals surface area contributed by atoms with Gasteiger partial charge in [0, 0.05) is 17.9 Å². The number of thioether (sulfide) groups is 1. The minimum atomic E-state index is 0. The standard InChI is InChI=1S/C19H22N6S.ClH/c1-26-14-8-13-20-17-23-18(21-15-9-4-2-5-10-15)25-19(24-17)22-16-11-6-3-7-12-16;/h2-7,9-12H,8,13-14H2,1H3,(H3,20,21,22,23,24,25);1H. The quantitative estimate of drug-likeness (QED) is 0.437. The number of rotatable bonds is 9. The van der Waals surface area contributed by atoms with Crippen molar-refractivity contribution < 1.29 is 0 Å². The van der Waals surface area contributed by atoms with Gasteiger partial charge >= 0.3 is 0 Å². The number of nitrogens with zero attached hydrogens (tertiary/aromatic N) is 3. The van der Waals surface area contributed by atoms with Gasteiger partial charge in [-0.25, -0.2) is 0 Å². The van der Waals surface area contributed by atoms with Gasteiger partial charge in [-0.3, -0.25) is 0 Å². The van der Waals surface area contributed by atoms with E-state index < -0.39 is 0 Å². The summed E-state index contributed by atoms with van der Waals surface area (Å²) in [7, 11) is 0. The van der Waals surface area contributed by atoms with Gasteiger partial charge < -0.3 is 16.0 Å². The van der Waals surface area contributed by atoms with Crippen LogP contribution in [0.5, 0.6) is 0 Å². The van der Waals surface area contributed by atoms with Gasteiger partial charge in [-0.1, -0.05) is 36.4 Å². The molecule has 0 fully saturated rings. The van der Waals surface area contributed by atoms with Crippen LogP contribution in [-0.2, 0) is 0 Å². The normalized spacial score (nSPS) is 9.96. The molecule has 0 bridgehead atoms. The minimum Gasteiger partial charge on any atom is -0.354 e. The van der Waals surface area contributed by atoms with E-state index in [0.29, 0.717) is 17.8 Å². The predicted molar refractivity (Wildman–Crippen MR) is 118 cm³/mol. The zero-order chi connectivity index (χ0) is 18.0. The van der Waals surface area contributed by atoms with Crippen LogP contribution in [0, 0.1) is 0 Å². The summed E-state index contributed by atoms with van der Waals surface area (Å²) in [5.41, 5.74) is 1.86. The van der Waals surface area contributed by atoms with E-state index in [0.717, 1.165) is 30.1 Å². The van der Waals surface area contributed by atoms with Gasteiger partial charge in [0.2, 0.25) is 17.8 Å². The second-order valence-electron chi connectivity index (χ2n) is 5.56. The van der Waals surface area contributed by atoms with Gasteiger partial charge in [-0.2, -0.15) is 26.7 Å². The lowest BCUT2D eigenvalue weighted by molar-refractivity contribution is 0.952. The van der Waals surface area contributed by atoms with E-state index in [9.17, 15) is 0 Å². The second-order valence-corrected chi connectivity index (χ2v) is 6.55. The van der Waals surface area contributed by atoms with Crippen LogP contribution in [0.15, 0.2) is 60.7 Å². The van der Waals surface area contributed by atoms with Gasteiger partial charge in [-0.05, 0) is 42.7 Å². The zero-order valence-corrected chi connectivity index (χ0v) is 16.7. The Hall–Kier alpha value is -2.51. The molecule has 0 saturated carbocycles. The van der Waals surface area contributed by atoms with Crippen LogP contribution >= 0.6 is 24.2 Å². The van der Waals surface area contributed by atoms with Crippen LogP contribution in [-0.4, -0.2) is 33.5 Å². The third-order valence-electron chi connectivity index (χ3n) is 3.50. The van der Waals surface area contributed by atoms with Crippen molar-refractivity contribution >= 4 is 53.4 Å². The summed E-state index contributed by atoms with van der Waals surface area (Å²) in [6, 6.07) is 19.7. The van der Waals surface area contributed by atoms with Crippen LogP contribution in [0.25, 0.3) is 0 Å². The number of nitrogens with one attached hydrogen (secondary N) is 3. The van der Waals surface area contributed by atoms with Crippen LogP contribution in [0.4, 0.5) is 29.2 Å². The van der Waals surface area contributed by atoms with Crippen LogP contribution < -0.4 is 16.0 Å². The molecule has 3 rings (SSSR count). The van der Waals surface area contributed by atoms with E-state index >= 15 is 0 Å². The number of hydrogen-bond donors (Lipinski definition) is 3. The molecule has 27 heavy (non-hydrogen) atoms. The molecule has 3 aromatic rings. The van der Waals surface area contributed by atoms with Crippen LogP contribution in [0.2, 0.25) is 0 Å². The van der Waals surface area contributed by atoms with Crippen molar-refractivity contribution in [2.75, 3.05) is 34.5 Å². The fraction of sp³-hybridized carbons (Fsp3) is 0.211. The van der Waals surface area contributed by atoms with Gasteiger partial charge in [0.1, 0.15) is 0 Å². The van der Waals surface area contributed by atoms with Crippen molar-refractivity contribution in [3.8, 4) is 0 Å². The molecule has 0 aliphatic carbocycles. The average Bonchev–Trinajstić information content (AvgIpc) is 2.67.